The van der Waals surface area contributed by atoms with Gasteiger partial charge in [0.15, 0.2) is 0 Å². The molecule has 1 amide bonds. The molecule has 19 heavy (non-hydrogen) atoms. The van der Waals surface area contributed by atoms with Crippen LogP contribution >= 0.6 is 0 Å². The second-order valence-electron chi connectivity index (χ2n) is 5.18. The van der Waals surface area contributed by atoms with E-state index in [2.05, 4.69) is 10.6 Å². The fourth-order valence-corrected chi connectivity index (χ4v) is 1.46. The highest BCUT2D eigenvalue weighted by Gasteiger charge is 2.14. The number of anilines is 2. The van der Waals surface area contributed by atoms with E-state index in [1.807, 2.05) is 20.8 Å². The number of rotatable bonds is 4. The van der Waals surface area contributed by atoms with Gasteiger partial charge in [-0.2, -0.15) is 0 Å². The SMILES string of the molecule is CC(C)(C)NC(=O)CNc1ccc([N+](=O)[O-])cc1N. The predicted molar refractivity (Wildman–Crippen MR) is 73.9 cm³/mol. The van der Waals surface area contributed by atoms with Gasteiger partial charge in [0.1, 0.15) is 0 Å². The molecule has 0 fully saturated rings. The van der Waals surface area contributed by atoms with E-state index in [0.717, 1.165) is 0 Å². The van der Waals surface area contributed by atoms with Crippen LogP contribution in [0.3, 0.4) is 0 Å². The summed E-state index contributed by atoms with van der Waals surface area (Å²) in [4.78, 5) is 21.6. The van der Waals surface area contributed by atoms with E-state index in [1.165, 1.54) is 18.2 Å². The number of nitrogens with zero attached hydrogens (tertiary/aromatic N) is 1. The van der Waals surface area contributed by atoms with E-state index in [-0.39, 0.29) is 29.4 Å². The van der Waals surface area contributed by atoms with E-state index in [4.69, 9.17) is 5.73 Å². The lowest BCUT2D eigenvalue weighted by molar-refractivity contribution is -0.384. The molecule has 0 radical (unpaired) electrons. The van der Waals surface area contributed by atoms with Crippen molar-refractivity contribution in [1.29, 1.82) is 0 Å². The van der Waals surface area contributed by atoms with Gasteiger partial charge in [0.05, 0.1) is 22.8 Å². The smallest absolute Gasteiger partial charge is 0.271 e. The maximum Gasteiger partial charge on any atom is 0.271 e. The zero-order chi connectivity index (χ0) is 14.6. The van der Waals surface area contributed by atoms with Gasteiger partial charge in [-0.15, -0.1) is 0 Å². The molecule has 0 aliphatic rings. The minimum atomic E-state index is -0.521. The van der Waals surface area contributed by atoms with Crippen molar-refractivity contribution in [2.45, 2.75) is 26.3 Å². The summed E-state index contributed by atoms with van der Waals surface area (Å²) in [6, 6.07) is 4.07. The molecule has 1 aromatic rings. The summed E-state index contributed by atoms with van der Waals surface area (Å²) in [7, 11) is 0. The summed E-state index contributed by atoms with van der Waals surface area (Å²) >= 11 is 0. The van der Waals surface area contributed by atoms with Crippen molar-refractivity contribution in [1.82, 2.24) is 5.32 Å². The molecule has 0 heterocycles. The molecule has 0 spiro atoms. The van der Waals surface area contributed by atoms with Crippen LogP contribution in [-0.2, 0) is 4.79 Å². The van der Waals surface area contributed by atoms with Gasteiger partial charge in [-0.1, -0.05) is 0 Å². The molecule has 0 unspecified atom stereocenters. The van der Waals surface area contributed by atoms with E-state index in [0.29, 0.717) is 5.69 Å². The van der Waals surface area contributed by atoms with Crippen molar-refractivity contribution in [2.75, 3.05) is 17.6 Å². The maximum atomic E-state index is 11.6. The fourth-order valence-electron chi connectivity index (χ4n) is 1.46. The van der Waals surface area contributed by atoms with Crippen LogP contribution in [0.4, 0.5) is 17.1 Å². The standard InChI is InChI=1S/C12H18N4O3/c1-12(2,3)15-11(17)7-14-10-5-4-8(16(18)19)6-9(10)13/h4-6,14H,7,13H2,1-3H3,(H,15,17). The Kier molecular flexibility index (Phi) is 4.31. The van der Waals surface area contributed by atoms with Crippen molar-refractivity contribution >= 4 is 23.0 Å². The van der Waals surface area contributed by atoms with Gasteiger partial charge in [-0.25, -0.2) is 0 Å². The largest absolute Gasteiger partial charge is 0.397 e. The molecular formula is C12H18N4O3. The van der Waals surface area contributed by atoms with Gasteiger partial charge in [0.2, 0.25) is 5.91 Å². The van der Waals surface area contributed by atoms with E-state index >= 15 is 0 Å². The number of nitrogens with one attached hydrogen (secondary N) is 2. The second kappa shape index (κ2) is 5.55. The molecule has 1 aromatic carbocycles. The van der Waals surface area contributed by atoms with Gasteiger partial charge < -0.3 is 16.4 Å². The number of non-ortho nitro benzene ring substituents is 1. The van der Waals surface area contributed by atoms with Gasteiger partial charge in [-0.3, -0.25) is 14.9 Å². The minimum Gasteiger partial charge on any atom is -0.397 e. The summed E-state index contributed by atoms with van der Waals surface area (Å²) in [5, 5.41) is 16.2. The fraction of sp³-hybridized carbons (Fsp3) is 0.417. The minimum absolute atomic E-state index is 0.0548. The van der Waals surface area contributed by atoms with Gasteiger partial charge >= 0.3 is 0 Å². The Morgan fingerprint density at radius 3 is 2.53 bits per heavy atom. The van der Waals surface area contributed by atoms with Gasteiger partial charge in [0, 0.05) is 17.7 Å². The normalized spacial score (nSPS) is 10.9. The molecular weight excluding hydrogens is 248 g/mol. The van der Waals surface area contributed by atoms with Crippen LogP contribution in [0.25, 0.3) is 0 Å². The van der Waals surface area contributed by atoms with E-state index < -0.39 is 4.92 Å². The molecule has 0 saturated heterocycles. The highest BCUT2D eigenvalue weighted by Crippen LogP contribution is 2.23. The zero-order valence-electron chi connectivity index (χ0n) is 11.2. The summed E-state index contributed by atoms with van der Waals surface area (Å²) in [6.07, 6.45) is 0. The average molecular weight is 266 g/mol. The molecule has 0 aliphatic heterocycles. The third-order valence-corrected chi connectivity index (χ3v) is 2.20. The van der Waals surface area contributed by atoms with Crippen molar-refractivity contribution in [3.05, 3.63) is 28.3 Å². The Hall–Kier alpha value is -2.31. The van der Waals surface area contributed by atoms with Crippen LogP contribution in [0.1, 0.15) is 20.8 Å². The number of carbonyl (C=O) groups excluding carboxylic acids is 1. The maximum absolute atomic E-state index is 11.6. The molecule has 0 atom stereocenters. The molecule has 7 nitrogen and oxygen atoms in total. The first-order valence-electron chi connectivity index (χ1n) is 5.78. The summed E-state index contributed by atoms with van der Waals surface area (Å²) < 4.78 is 0. The lowest BCUT2D eigenvalue weighted by Gasteiger charge is -2.20. The third-order valence-electron chi connectivity index (χ3n) is 2.20. The first kappa shape index (κ1) is 14.7. The Morgan fingerprint density at radius 1 is 1.42 bits per heavy atom. The number of nitro groups is 1. The number of nitro benzene ring substituents is 1. The van der Waals surface area contributed by atoms with Crippen LogP contribution < -0.4 is 16.4 Å². The third kappa shape index (κ3) is 4.82. The van der Waals surface area contributed by atoms with Crippen LogP contribution in [0.15, 0.2) is 18.2 Å². The van der Waals surface area contributed by atoms with Gasteiger partial charge in [0.25, 0.3) is 5.69 Å². The second-order valence-corrected chi connectivity index (χ2v) is 5.18. The number of hydrogen-bond acceptors (Lipinski definition) is 5. The van der Waals surface area contributed by atoms with Crippen LogP contribution in [0.5, 0.6) is 0 Å². The van der Waals surface area contributed by atoms with E-state index in [9.17, 15) is 14.9 Å². The van der Waals surface area contributed by atoms with Crippen molar-refractivity contribution in [2.24, 2.45) is 0 Å². The van der Waals surface area contributed by atoms with Crippen molar-refractivity contribution in [3.63, 3.8) is 0 Å². The lowest BCUT2D eigenvalue weighted by atomic mass is 10.1. The summed E-state index contributed by atoms with van der Waals surface area (Å²) in [6.45, 7) is 5.70. The van der Waals surface area contributed by atoms with Crippen molar-refractivity contribution in [3.8, 4) is 0 Å². The molecule has 0 saturated carbocycles. The van der Waals surface area contributed by atoms with Crippen LogP contribution in [0.2, 0.25) is 0 Å². The quantitative estimate of drug-likeness (QED) is 0.434. The number of nitrogen functional groups attached to an aromatic ring is 1. The Balaban J connectivity index is 2.64. The number of benzene rings is 1. The monoisotopic (exact) mass is 266 g/mol. The zero-order valence-corrected chi connectivity index (χ0v) is 11.2. The summed E-state index contributed by atoms with van der Waals surface area (Å²) in [5.41, 5.74) is 6.02. The first-order chi connectivity index (χ1) is 8.69. The predicted octanol–water partition coefficient (Wildman–Crippen LogP) is 1.50. The van der Waals surface area contributed by atoms with E-state index in [1.54, 1.807) is 0 Å². The molecule has 7 heteroatoms. The Bertz CT molecular complexity index is 494. The van der Waals surface area contributed by atoms with Crippen molar-refractivity contribution < 1.29 is 9.72 Å². The average Bonchev–Trinajstić information content (AvgIpc) is 2.24. The molecule has 1 rings (SSSR count). The molecule has 4 N–H and O–H groups in total. The first-order valence-corrected chi connectivity index (χ1v) is 5.78. The highest BCUT2D eigenvalue weighted by atomic mass is 16.6. The number of hydrogen-bond donors (Lipinski definition) is 3. The van der Waals surface area contributed by atoms with Gasteiger partial charge in [-0.05, 0) is 26.8 Å². The number of nitrogens with two attached hydrogens (primary N) is 1. The highest BCUT2D eigenvalue weighted by molar-refractivity contribution is 5.83. The number of amides is 1. The molecule has 0 bridgehead atoms. The Morgan fingerprint density at radius 2 is 2.05 bits per heavy atom. The molecule has 0 aliphatic carbocycles. The van der Waals surface area contributed by atoms with Crippen LogP contribution in [-0.4, -0.2) is 22.9 Å². The molecule has 0 aromatic heterocycles. The topological polar surface area (TPSA) is 110 Å². The number of carbonyl (C=O) groups is 1. The summed E-state index contributed by atoms with van der Waals surface area (Å²) in [5.74, 6) is -0.176. The molecule has 104 valence electrons. The lowest BCUT2D eigenvalue weighted by Crippen LogP contribution is -2.43. The van der Waals surface area contributed by atoms with Crippen LogP contribution in [0, 0.1) is 10.1 Å². The Labute approximate surface area is 111 Å².